The van der Waals surface area contributed by atoms with Crippen molar-refractivity contribution >= 4 is 40.6 Å². The van der Waals surface area contributed by atoms with Gasteiger partial charge in [-0.15, -0.1) is 21.5 Å². The molecular weight excluding hydrogens is 442 g/mol. The maximum absolute atomic E-state index is 12.7. The second-order valence-corrected chi connectivity index (χ2v) is 10.1. The van der Waals surface area contributed by atoms with Crippen LogP contribution in [0.25, 0.3) is 10.7 Å². The predicted molar refractivity (Wildman–Crippen MR) is 127 cm³/mol. The van der Waals surface area contributed by atoms with Gasteiger partial charge in [-0.25, -0.2) is 0 Å². The lowest BCUT2D eigenvalue weighted by molar-refractivity contribution is -0.113. The minimum Gasteiger partial charge on any atom is -0.349 e. The maximum Gasteiger partial charge on any atom is 0.253 e. The van der Waals surface area contributed by atoms with E-state index in [0.29, 0.717) is 17.3 Å². The number of rotatable bonds is 8. The molecule has 0 radical (unpaired) electrons. The lowest BCUT2D eigenvalue weighted by Gasteiger charge is -2.15. The van der Waals surface area contributed by atoms with Gasteiger partial charge in [0, 0.05) is 12.1 Å². The molecule has 3 aromatic rings. The van der Waals surface area contributed by atoms with Gasteiger partial charge in [-0.3, -0.25) is 14.2 Å². The van der Waals surface area contributed by atoms with Crippen molar-refractivity contribution in [1.29, 1.82) is 0 Å². The lowest BCUT2D eigenvalue weighted by atomic mass is 10.1. The molecule has 9 heteroatoms. The summed E-state index contributed by atoms with van der Waals surface area (Å²) >= 11 is 3.02. The fourth-order valence-corrected chi connectivity index (χ4v) is 5.56. The van der Waals surface area contributed by atoms with E-state index in [0.717, 1.165) is 54.4 Å². The SMILES string of the molecule is O=C(CSc1nnc(-c2cccs2)n1C1CC1)Nc1ccccc1C(=O)NC1CCCC1. The van der Waals surface area contributed by atoms with E-state index in [2.05, 4.69) is 25.4 Å². The van der Waals surface area contributed by atoms with Gasteiger partial charge >= 0.3 is 0 Å². The van der Waals surface area contributed by atoms with Gasteiger partial charge in [0.2, 0.25) is 5.91 Å². The highest BCUT2D eigenvalue weighted by molar-refractivity contribution is 7.99. The van der Waals surface area contributed by atoms with Gasteiger partial charge in [-0.2, -0.15) is 0 Å². The normalized spacial score (nSPS) is 16.2. The summed E-state index contributed by atoms with van der Waals surface area (Å²) in [5, 5.41) is 17.5. The fraction of sp³-hybridized carbons (Fsp3) is 0.391. The Morgan fingerprint density at radius 1 is 1.06 bits per heavy atom. The highest BCUT2D eigenvalue weighted by Gasteiger charge is 2.30. The van der Waals surface area contributed by atoms with Crippen molar-refractivity contribution in [2.24, 2.45) is 0 Å². The molecule has 1 aromatic carbocycles. The smallest absolute Gasteiger partial charge is 0.253 e. The Balaban J connectivity index is 1.24. The molecule has 7 nitrogen and oxygen atoms in total. The first-order chi connectivity index (χ1) is 15.7. The highest BCUT2D eigenvalue weighted by Crippen LogP contribution is 2.41. The van der Waals surface area contributed by atoms with Crippen molar-refractivity contribution < 1.29 is 9.59 Å². The Morgan fingerprint density at radius 2 is 1.88 bits per heavy atom. The Bertz CT molecular complexity index is 1100. The molecule has 2 aliphatic carbocycles. The maximum atomic E-state index is 12.7. The molecule has 0 atom stereocenters. The number of nitrogens with one attached hydrogen (secondary N) is 2. The van der Waals surface area contributed by atoms with Crippen molar-refractivity contribution in [3.8, 4) is 10.7 Å². The van der Waals surface area contributed by atoms with Crippen LogP contribution in [0.3, 0.4) is 0 Å². The summed E-state index contributed by atoms with van der Waals surface area (Å²) in [6.45, 7) is 0. The van der Waals surface area contributed by atoms with Gasteiger partial charge in [0.1, 0.15) is 0 Å². The van der Waals surface area contributed by atoms with Crippen LogP contribution in [-0.4, -0.2) is 38.4 Å². The van der Waals surface area contributed by atoms with Crippen LogP contribution in [-0.2, 0) is 4.79 Å². The summed E-state index contributed by atoms with van der Waals surface area (Å²) in [6.07, 6.45) is 6.57. The zero-order chi connectivity index (χ0) is 21.9. The van der Waals surface area contributed by atoms with Gasteiger partial charge in [-0.1, -0.05) is 42.8 Å². The molecule has 32 heavy (non-hydrogen) atoms. The Labute approximate surface area is 195 Å². The number of thioether (sulfide) groups is 1. The predicted octanol–water partition coefficient (Wildman–Crippen LogP) is 4.74. The van der Waals surface area contributed by atoms with Crippen molar-refractivity contribution in [1.82, 2.24) is 20.1 Å². The number of benzene rings is 1. The summed E-state index contributed by atoms with van der Waals surface area (Å²) in [5.41, 5.74) is 1.04. The quantitative estimate of drug-likeness (QED) is 0.467. The largest absolute Gasteiger partial charge is 0.349 e. The summed E-state index contributed by atoms with van der Waals surface area (Å²) in [6, 6.07) is 11.9. The van der Waals surface area contributed by atoms with E-state index >= 15 is 0 Å². The van der Waals surface area contributed by atoms with Gasteiger partial charge < -0.3 is 10.6 Å². The number of hydrogen-bond donors (Lipinski definition) is 2. The number of para-hydroxylation sites is 1. The van der Waals surface area contributed by atoms with Crippen LogP contribution in [0, 0.1) is 0 Å². The summed E-state index contributed by atoms with van der Waals surface area (Å²) in [5.74, 6) is 0.779. The van der Waals surface area contributed by atoms with Gasteiger partial charge in [0.05, 0.1) is 21.9 Å². The van der Waals surface area contributed by atoms with Crippen LogP contribution in [0.1, 0.15) is 54.9 Å². The van der Waals surface area contributed by atoms with Crippen molar-refractivity contribution in [2.75, 3.05) is 11.1 Å². The molecule has 2 aliphatic rings. The van der Waals surface area contributed by atoms with Crippen molar-refractivity contribution in [2.45, 2.75) is 55.8 Å². The zero-order valence-electron chi connectivity index (χ0n) is 17.6. The Morgan fingerprint density at radius 3 is 2.62 bits per heavy atom. The Hall–Kier alpha value is -2.65. The molecule has 0 spiro atoms. The minimum absolute atomic E-state index is 0.130. The zero-order valence-corrected chi connectivity index (χ0v) is 19.3. The molecule has 2 heterocycles. The molecule has 2 amide bonds. The standard InChI is InChI=1S/C23H25N5O2S2/c29-20(25-18-9-4-3-8-17(18)22(30)24-15-6-1-2-7-15)14-32-23-27-26-21(19-10-5-13-31-19)28(23)16-11-12-16/h3-5,8-10,13,15-16H,1-2,6-7,11-12,14H2,(H,24,30)(H,25,29). The number of aromatic nitrogens is 3. The first kappa shape index (κ1) is 21.2. The van der Waals surface area contributed by atoms with E-state index in [1.807, 2.05) is 29.6 Å². The van der Waals surface area contributed by atoms with Crippen molar-refractivity contribution in [3.05, 3.63) is 47.3 Å². The third-order valence-corrected chi connectivity index (χ3v) is 7.60. The molecule has 0 bridgehead atoms. The second kappa shape index (κ2) is 9.46. The lowest BCUT2D eigenvalue weighted by Crippen LogP contribution is -2.33. The number of thiophene rings is 1. The van der Waals surface area contributed by atoms with Gasteiger partial charge in [0.15, 0.2) is 11.0 Å². The molecule has 2 N–H and O–H groups in total. The number of amides is 2. The van der Waals surface area contributed by atoms with Crippen LogP contribution in [0.4, 0.5) is 5.69 Å². The monoisotopic (exact) mass is 467 g/mol. The molecule has 0 unspecified atom stereocenters. The van der Waals surface area contributed by atoms with Gasteiger partial charge in [0.25, 0.3) is 5.91 Å². The van der Waals surface area contributed by atoms with E-state index in [1.165, 1.54) is 11.8 Å². The second-order valence-electron chi connectivity index (χ2n) is 8.22. The molecule has 0 aliphatic heterocycles. The topological polar surface area (TPSA) is 88.9 Å². The van der Waals surface area contributed by atoms with E-state index in [-0.39, 0.29) is 23.6 Å². The van der Waals surface area contributed by atoms with Crippen LogP contribution in [0.5, 0.6) is 0 Å². The number of anilines is 1. The van der Waals surface area contributed by atoms with Gasteiger partial charge in [-0.05, 0) is 49.3 Å². The van der Waals surface area contributed by atoms with Crippen molar-refractivity contribution in [3.63, 3.8) is 0 Å². The number of hydrogen-bond acceptors (Lipinski definition) is 6. The molecule has 5 rings (SSSR count). The summed E-state index contributed by atoms with van der Waals surface area (Å²) in [4.78, 5) is 26.5. The summed E-state index contributed by atoms with van der Waals surface area (Å²) in [7, 11) is 0. The van der Waals surface area contributed by atoms with Crippen LogP contribution < -0.4 is 10.6 Å². The van der Waals surface area contributed by atoms with Crippen LogP contribution >= 0.6 is 23.1 Å². The molecule has 0 saturated heterocycles. The van der Waals surface area contributed by atoms with E-state index < -0.39 is 0 Å². The minimum atomic E-state index is -0.167. The highest BCUT2D eigenvalue weighted by atomic mass is 32.2. The first-order valence-electron chi connectivity index (χ1n) is 11.0. The molecule has 166 valence electrons. The first-order valence-corrected chi connectivity index (χ1v) is 12.9. The molecular formula is C23H25N5O2S2. The van der Waals surface area contributed by atoms with Crippen LogP contribution in [0.2, 0.25) is 0 Å². The van der Waals surface area contributed by atoms with E-state index in [4.69, 9.17) is 0 Å². The number of carbonyl (C=O) groups excluding carboxylic acids is 2. The van der Waals surface area contributed by atoms with Crippen LogP contribution in [0.15, 0.2) is 46.9 Å². The fourth-order valence-electron chi connectivity index (χ4n) is 4.05. The van der Waals surface area contributed by atoms with E-state index in [9.17, 15) is 9.59 Å². The molecule has 2 saturated carbocycles. The average molecular weight is 468 g/mol. The van der Waals surface area contributed by atoms with E-state index in [1.54, 1.807) is 23.5 Å². The number of carbonyl (C=O) groups is 2. The third-order valence-electron chi connectivity index (χ3n) is 5.79. The average Bonchev–Trinajstić information content (AvgIpc) is 3.19. The molecule has 2 fully saturated rings. The third kappa shape index (κ3) is 4.73. The number of nitrogens with zero attached hydrogens (tertiary/aromatic N) is 3. The Kier molecular flexibility index (Phi) is 6.27. The summed E-state index contributed by atoms with van der Waals surface area (Å²) < 4.78 is 2.16. The molecule has 2 aromatic heterocycles.